The van der Waals surface area contributed by atoms with Gasteiger partial charge in [-0.25, -0.2) is 8.42 Å². The van der Waals surface area contributed by atoms with Gasteiger partial charge in [0.25, 0.3) is 10.0 Å². The van der Waals surface area contributed by atoms with Crippen LogP contribution in [0.2, 0.25) is 5.02 Å². The molecule has 12 heteroatoms. The van der Waals surface area contributed by atoms with Crippen LogP contribution in [-0.4, -0.2) is 26.8 Å². The molecule has 3 N–H and O–H groups in total. The number of anilines is 1. The molecular formula is C20H16ClN3O6S2. The molecule has 9 nitrogen and oxygen atoms in total. The van der Waals surface area contributed by atoms with Crippen molar-refractivity contribution in [2.24, 2.45) is 0 Å². The molecule has 4 rings (SSSR count). The zero-order valence-corrected chi connectivity index (χ0v) is 18.6. The fourth-order valence-electron chi connectivity index (χ4n) is 3.06. The average molecular weight is 494 g/mol. The summed E-state index contributed by atoms with van der Waals surface area (Å²) in [5.74, 6) is -0.527. The molecule has 0 saturated carbocycles. The van der Waals surface area contributed by atoms with Crippen LogP contribution in [0.3, 0.4) is 0 Å². The quantitative estimate of drug-likeness (QED) is 0.351. The topological polar surface area (TPSA) is 142 Å². The lowest BCUT2D eigenvalue weighted by Gasteiger charge is -2.13. The van der Waals surface area contributed by atoms with Gasteiger partial charge in [-0.2, -0.15) is 13.1 Å². The normalized spacial score (nSPS) is 12.2. The molecule has 166 valence electrons. The molecule has 0 bridgehead atoms. The Labute approximate surface area is 187 Å². The maximum Gasteiger partial charge on any atom is 0.295 e. The van der Waals surface area contributed by atoms with Crippen LogP contribution in [-0.2, 0) is 25.6 Å². The summed E-state index contributed by atoms with van der Waals surface area (Å²) in [6.07, 6.45) is 1.14. The van der Waals surface area contributed by atoms with Crippen molar-refractivity contribution in [3.05, 3.63) is 82.9 Å². The monoisotopic (exact) mass is 493 g/mol. The Morgan fingerprint density at radius 1 is 1.03 bits per heavy atom. The number of furan rings is 1. The van der Waals surface area contributed by atoms with Gasteiger partial charge in [0.2, 0.25) is 5.09 Å². The Balaban J connectivity index is 1.73. The standard InChI is InChI=1S/C20H16ClN3O6S2/c21-15-5-6-18(31(26,27)12-13-7-8-24(25)19(22)9-13)16(11-15)23-32(28,29)20-10-14-3-1-2-4-17(14)30-20/h1-11,22-23,25H,12H2. The molecule has 0 spiro atoms. The number of sulfone groups is 1. The Bertz CT molecular complexity index is 1570. The maximum absolute atomic E-state index is 13.1. The molecule has 0 fully saturated rings. The second-order valence-electron chi connectivity index (χ2n) is 6.87. The van der Waals surface area contributed by atoms with Gasteiger partial charge < -0.3 is 9.62 Å². The van der Waals surface area contributed by atoms with Crippen molar-refractivity contribution < 1.29 is 26.5 Å². The van der Waals surface area contributed by atoms with E-state index in [1.165, 1.54) is 36.4 Å². The molecule has 0 aliphatic heterocycles. The number of hydrogen-bond donors (Lipinski definition) is 3. The lowest BCUT2D eigenvalue weighted by atomic mass is 10.3. The summed E-state index contributed by atoms with van der Waals surface area (Å²) in [5, 5.41) is 17.3. The Kier molecular flexibility index (Phi) is 5.49. The summed E-state index contributed by atoms with van der Waals surface area (Å²) in [6, 6.07) is 14.3. The number of pyridine rings is 1. The molecule has 0 radical (unpaired) electrons. The third-order valence-corrected chi connectivity index (χ3v) is 7.74. The summed E-state index contributed by atoms with van der Waals surface area (Å²) in [5.41, 5.74) is 0.0568. The second kappa shape index (κ2) is 8.01. The predicted octanol–water partition coefficient (Wildman–Crippen LogP) is 3.38. The van der Waals surface area contributed by atoms with Crippen LogP contribution in [0.4, 0.5) is 5.69 Å². The number of benzene rings is 2. The van der Waals surface area contributed by atoms with Crippen molar-refractivity contribution in [1.29, 1.82) is 5.41 Å². The maximum atomic E-state index is 13.1. The van der Waals surface area contributed by atoms with Crippen LogP contribution in [0.15, 0.2) is 81.3 Å². The van der Waals surface area contributed by atoms with Gasteiger partial charge in [-0.1, -0.05) is 29.8 Å². The highest BCUT2D eigenvalue weighted by Gasteiger charge is 2.26. The number of halogens is 1. The SMILES string of the molecule is N=c1cc(CS(=O)(=O)c2ccc(Cl)cc2NS(=O)(=O)c2cc3ccccc3o2)ccn1O. The van der Waals surface area contributed by atoms with E-state index in [0.29, 0.717) is 15.7 Å². The van der Waals surface area contributed by atoms with E-state index in [1.54, 1.807) is 24.3 Å². The molecule has 0 aliphatic carbocycles. The van der Waals surface area contributed by atoms with Gasteiger partial charge >= 0.3 is 0 Å². The van der Waals surface area contributed by atoms with E-state index in [-0.39, 0.29) is 31.7 Å². The molecule has 0 saturated heterocycles. The van der Waals surface area contributed by atoms with Crippen molar-refractivity contribution in [3.8, 4) is 0 Å². The fraction of sp³-hybridized carbons (Fsp3) is 0.0500. The van der Waals surface area contributed by atoms with E-state index >= 15 is 0 Å². The predicted molar refractivity (Wildman–Crippen MR) is 117 cm³/mol. The van der Waals surface area contributed by atoms with Crippen molar-refractivity contribution in [3.63, 3.8) is 0 Å². The first-order chi connectivity index (χ1) is 15.0. The molecule has 32 heavy (non-hydrogen) atoms. The molecule has 0 amide bonds. The third kappa shape index (κ3) is 4.35. The van der Waals surface area contributed by atoms with E-state index in [1.807, 2.05) is 0 Å². The minimum atomic E-state index is -4.27. The largest absolute Gasteiger partial charge is 0.443 e. The first-order valence-corrected chi connectivity index (χ1v) is 12.6. The molecule has 0 aliphatic rings. The van der Waals surface area contributed by atoms with Gasteiger partial charge in [0.15, 0.2) is 15.3 Å². The fourth-order valence-corrected chi connectivity index (χ4v) is 5.83. The zero-order valence-electron chi connectivity index (χ0n) is 16.2. The minimum Gasteiger partial charge on any atom is -0.443 e. The zero-order chi connectivity index (χ0) is 23.1. The second-order valence-corrected chi connectivity index (χ2v) is 10.9. The van der Waals surface area contributed by atoms with Crippen LogP contribution in [0.1, 0.15) is 5.56 Å². The highest BCUT2D eigenvalue weighted by atomic mass is 35.5. The summed E-state index contributed by atoms with van der Waals surface area (Å²) >= 11 is 6.00. The first-order valence-electron chi connectivity index (χ1n) is 9.04. The summed E-state index contributed by atoms with van der Waals surface area (Å²) < 4.78 is 60.1. The van der Waals surface area contributed by atoms with Gasteiger partial charge in [0, 0.05) is 22.7 Å². The molecule has 2 aromatic heterocycles. The number of rotatable bonds is 6. The van der Waals surface area contributed by atoms with Crippen LogP contribution >= 0.6 is 11.6 Å². The average Bonchev–Trinajstić information content (AvgIpc) is 3.15. The number of hydrogen-bond acceptors (Lipinski definition) is 7. The smallest absolute Gasteiger partial charge is 0.295 e. The minimum absolute atomic E-state index is 0.126. The van der Waals surface area contributed by atoms with Gasteiger partial charge in [0.1, 0.15) is 5.58 Å². The van der Waals surface area contributed by atoms with Crippen LogP contribution in [0.25, 0.3) is 11.0 Å². The third-order valence-electron chi connectivity index (χ3n) is 4.54. The van der Waals surface area contributed by atoms with E-state index in [4.69, 9.17) is 21.4 Å². The Morgan fingerprint density at radius 3 is 2.50 bits per heavy atom. The number of nitrogens with zero attached hydrogens (tertiary/aromatic N) is 1. The highest BCUT2D eigenvalue weighted by molar-refractivity contribution is 7.93. The highest BCUT2D eigenvalue weighted by Crippen LogP contribution is 2.31. The summed E-state index contributed by atoms with van der Waals surface area (Å²) in [4.78, 5) is -0.297. The molecular weight excluding hydrogens is 478 g/mol. The van der Waals surface area contributed by atoms with Gasteiger partial charge in [0.05, 0.1) is 16.3 Å². The number of nitrogens with one attached hydrogen (secondary N) is 2. The molecule has 0 atom stereocenters. The van der Waals surface area contributed by atoms with Gasteiger partial charge in [-0.15, -0.1) is 0 Å². The molecule has 4 aromatic rings. The van der Waals surface area contributed by atoms with Crippen LogP contribution in [0, 0.1) is 5.41 Å². The van der Waals surface area contributed by atoms with Crippen molar-refractivity contribution in [2.45, 2.75) is 15.7 Å². The summed E-state index contributed by atoms with van der Waals surface area (Å²) in [6.45, 7) is 0. The number of fused-ring (bicyclic) bond motifs is 1. The number of sulfonamides is 1. The van der Waals surface area contributed by atoms with Crippen LogP contribution in [0.5, 0.6) is 0 Å². The van der Waals surface area contributed by atoms with E-state index in [9.17, 15) is 22.0 Å². The number of para-hydroxylation sites is 1. The van der Waals surface area contributed by atoms with Crippen molar-refractivity contribution in [2.75, 3.05) is 4.72 Å². The van der Waals surface area contributed by atoms with E-state index in [2.05, 4.69) is 4.72 Å². The lowest BCUT2D eigenvalue weighted by Crippen LogP contribution is -2.18. The number of aromatic nitrogens is 1. The van der Waals surface area contributed by atoms with E-state index in [0.717, 1.165) is 6.20 Å². The Hall–Kier alpha value is -3.28. The van der Waals surface area contributed by atoms with Gasteiger partial charge in [-0.05, 0) is 42.0 Å². The molecule has 2 aromatic carbocycles. The Morgan fingerprint density at radius 2 is 1.78 bits per heavy atom. The van der Waals surface area contributed by atoms with Crippen LogP contribution < -0.4 is 10.2 Å². The van der Waals surface area contributed by atoms with Gasteiger partial charge in [-0.3, -0.25) is 10.1 Å². The molecule has 0 unspecified atom stereocenters. The lowest BCUT2D eigenvalue weighted by molar-refractivity contribution is 0.170. The van der Waals surface area contributed by atoms with Crippen molar-refractivity contribution >= 4 is 48.1 Å². The molecule has 2 heterocycles. The van der Waals surface area contributed by atoms with Crippen molar-refractivity contribution in [1.82, 2.24) is 4.73 Å². The first kappa shape index (κ1) is 21.9. The summed E-state index contributed by atoms with van der Waals surface area (Å²) in [7, 11) is -8.33. The van der Waals surface area contributed by atoms with E-state index < -0.39 is 25.6 Å².